The molecule has 0 fully saturated rings. The third kappa shape index (κ3) is 2.64. The van der Waals surface area contributed by atoms with Crippen LogP contribution in [0.2, 0.25) is 0 Å². The molecule has 0 aliphatic carbocycles. The van der Waals surface area contributed by atoms with Crippen molar-refractivity contribution in [3.63, 3.8) is 0 Å². The van der Waals surface area contributed by atoms with Gasteiger partial charge in [0.2, 0.25) is 0 Å². The molecule has 0 atom stereocenters. The third-order valence-corrected chi connectivity index (χ3v) is 3.23. The number of rotatable bonds is 3. The minimum Gasteiger partial charge on any atom is -0.0622 e. The monoisotopic (exact) mass is 201 g/mol. The first-order chi connectivity index (χ1) is 6.95. The highest BCUT2D eigenvalue weighted by Crippen LogP contribution is 2.07. The molecule has 0 aliphatic rings. The molecule has 0 heterocycles. The van der Waals surface area contributed by atoms with Gasteiger partial charge in [-0.15, -0.1) is 0 Å². The van der Waals surface area contributed by atoms with Crippen LogP contribution in [-0.2, 0) is 17.5 Å². The molecule has 0 saturated carbocycles. The zero-order chi connectivity index (χ0) is 9.64. The van der Waals surface area contributed by atoms with Crippen LogP contribution in [-0.4, -0.2) is 0 Å². The van der Waals surface area contributed by atoms with E-state index in [1.54, 1.807) is 0 Å². The summed E-state index contributed by atoms with van der Waals surface area (Å²) in [4.78, 5) is 1.39. The van der Waals surface area contributed by atoms with E-state index >= 15 is 0 Å². The maximum absolute atomic E-state index is 2.18. The van der Waals surface area contributed by atoms with Crippen LogP contribution in [0.3, 0.4) is 0 Å². The predicted molar refractivity (Wildman–Crippen MR) is 63.6 cm³/mol. The molecule has 0 N–H and O–H groups in total. The van der Waals surface area contributed by atoms with E-state index in [-0.39, 0.29) is 0 Å². The fourth-order valence-electron chi connectivity index (χ4n) is 1.30. The summed E-state index contributed by atoms with van der Waals surface area (Å²) in [6.45, 7) is 0. The van der Waals surface area contributed by atoms with Gasteiger partial charge in [-0.1, -0.05) is 48.5 Å². The normalized spacial score (nSPS) is 10.0. The molecule has 2 rings (SSSR count). The first kappa shape index (κ1) is 9.35. The molecule has 14 heavy (non-hydrogen) atoms. The number of hydrogen-bond donors (Lipinski definition) is 0. The van der Waals surface area contributed by atoms with Gasteiger partial charge < -0.3 is 0 Å². The molecule has 0 amide bonds. The second kappa shape index (κ2) is 4.87. The lowest BCUT2D eigenvalue weighted by atomic mass is 10.2. The fraction of sp³-hybridized carbons (Fsp3) is 0.0769. The van der Waals surface area contributed by atoms with Crippen molar-refractivity contribution in [1.82, 2.24) is 0 Å². The van der Waals surface area contributed by atoms with Crippen LogP contribution >= 0.6 is 0 Å². The van der Waals surface area contributed by atoms with E-state index in [0.29, 0.717) is 0 Å². The minimum atomic E-state index is 1.10. The Balaban J connectivity index is 1.96. The third-order valence-electron chi connectivity index (χ3n) is 2.04. The van der Waals surface area contributed by atoms with Gasteiger partial charge in [0.15, 0.2) is 4.90 Å². The quantitative estimate of drug-likeness (QED) is 0.529. The highest BCUT2D eigenvalue weighted by molar-refractivity contribution is 7.77. The summed E-state index contributed by atoms with van der Waals surface area (Å²) in [6, 6.07) is 21.2. The summed E-state index contributed by atoms with van der Waals surface area (Å²) in [5.74, 6) is 1.10. The van der Waals surface area contributed by atoms with Crippen LogP contribution in [0.4, 0.5) is 0 Å². The van der Waals surface area contributed by atoms with Crippen LogP contribution in [0.5, 0.6) is 0 Å². The van der Waals surface area contributed by atoms with E-state index in [0.717, 1.165) is 5.75 Å². The molecule has 70 valence electrons. The van der Waals surface area contributed by atoms with Crippen molar-refractivity contribution in [3.8, 4) is 0 Å². The maximum atomic E-state index is 2.18. The summed E-state index contributed by atoms with van der Waals surface area (Å²) in [7, 11) is 0. The second-order valence-electron chi connectivity index (χ2n) is 3.14. The lowest BCUT2D eigenvalue weighted by molar-refractivity contribution is 1.38. The Morgan fingerprint density at radius 1 is 0.714 bits per heavy atom. The van der Waals surface area contributed by atoms with Crippen molar-refractivity contribution >= 4 is 11.8 Å². The maximum Gasteiger partial charge on any atom is 0.152 e. The zero-order valence-corrected chi connectivity index (χ0v) is 8.82. The van der Waals surface area contributed by atoms with Crippen molar-refractivity contribution in [1.29, 1.82) is 0 Å². The topological polar surface area (TPSA) is 0 Å². The van der Waals surface area contributed by atoms with Gasteiger partial charge in [0.1, 0.15) is 5.75 Å². The molecule has 1 heteroatoms. The number of benzene rings is 2. The summed E-state index contributed by atoms with van der Waals surface area (Å²) in [5.41, 5.74) is 1.40. The summed E-state index contributed by atoms with van der Waals surface area (Å²) >= 11 is 1.38. The average Bonchev–Trinajstić information content (AvgIpc) is 2.29. The van der Waals surface area contributed by atoms with E-state index in [1.807, 2.05) is 0 Å². The van der Waals surface area contributed by atoms with Crippen molar-refractivity contribution in [2.75, 3.05) is 0 Å². The number of hydrogen-bond acceptors (Lipinski definition) is 0. The van der Waals surface area contributed by atoms with E-state index in [4.69, 9.17) is 0 Å². The van der Waals surface area contributed by atoms with Crippen LogP contribution in [0.1, 0.15) is 5.56 Å². The second-order valence-corrected chi connectivity index (χ2v) is 4.29. The fourth-order valence-corrected chi connectivity index (χ4v) is 2.26. The lowest BCUT2D eigenvalue weighted by Crippen LogP contribution is -1.88. The Kier molecular flexibility index (Phi) is 3.25. The Morgan fingerprint density at radius 2 is 1.29 bits per heavy atom. The van der Waals surface area contributed by atoms with Crippen LogP contribution < -0.4 is 0 Å². The van der Waals surface area contributed by atoms with Crippen LogP contribution in [0, 0.1) is 0 Å². The van der Waals surface area contributed by atoms with Crippen molar-refractivity contribution < 1.29 is 0 Å². The van der Waals surface area contributed by atoms with Gasteiger partial charge >= 0.3 is 0 Å². The first-order valence-corrected chi connectivity index (χ1v) is 5.79. The molecule has 0 aliphatic heterocycles. The van der Waals surface area contributed by atoms with Crippen molar-refractivity contribution in [2.24, 2.45) is 0 Å². The van der Waals surface area contributed by atoms with Gasteiger partial charge in [-0.05, 0) is 12.1 Å². The Labute approximate surface area is 89.0 Å². The molecule has 0 unspecified atom stereocenters. The van der Waals surface area contributed by atoms with Crippen molar-refractivity contribution in [3.05, 3.63) is 66.2 Å². The van der Waals surface area contributed by atoms with Crippen LogP contribution in [0.15, 0.2) is 65.6 Å². The standard InChI is InChI=1S/C13H12S/c1-3-7-12(8-4-1)11-14-13-9-5-2-6-10-13/h1-10H,11H2/p+1. The van der Waals surface area contributed by atoms with Crippen molar-refractivity contribution in [2.45, 2.75) is 10.6 Å². The molecule has 0 saturated heterocycles. The molecule has 2 aromatic rings. The summed E-state index contributed by atoms with van der Waals surface area (Å²) in [5, 5.41) is 0. The van der Waals surface area contributed by atoms with Gasteiger partial charge in [0.05, 0.1) is 0 Å². The highest BCUT2D eigenvalue weighted by Gasteiger charge is 2.01. The summed E-state index contributed by atoms with van der Waals surface area (Å²) in [6.07, 6.45) is 0. The van der Waals surface area contributed by atoms with E-state index in [2.05, 4.69) is 60.7 Å². The molecule has 0 spiro atoms. The zero-order valence-electron chi connectivity index (χ0n) is 7.93. The summed E-state index contributed by atoms with van der Waals surface area (Å²) < 4.78 is 0. The molecule has 0 radical (unpaired) electrons. The van der Waals surface area contributed by atoms with Gasteiger partial charge in [-0.25, -0.2) is 0 Å². The molecule has 2 aromatic carbocycles. The average molecular weight is 201 g/mol. The Bertz CT molecular complexity index is 327. The first-order valence-electron chi connectivity index (χ1n) is 4.71. The molecule has 0 nitrogen and oxygen atoms in total. The van der Waals surface area contributed by atoms with Gasteiger partial charge in [-0.3, -0.25) is 0 Å². The molecule has 0 aromatic heterocycles. The Hall–Kier alpha value is -1.21. The van der Waals surface area contributed by atoms with Crippen LogP contribution in [0.25, 0.3) is 0 Å². The minimum absolute atomic E-state index is 1.10. The highest BCUT2D eigenvalue weighted by atomic mass is 32.2. The van der Waals surface area contributed by atoms with E-state index in [1.165, 1.54) is 22.2 Å². The SMILES string of the molecule is c1ccc(C[SH+]c2ccccc2)cc1. The lowest BCUT2D eigenvalue weighted by Gasteiger charge is -1.93. The van der Waals surface area contributed by atoms with Gasteiger partial charge in [-0.2, -0.15) is 0 Å². The van der Waals surface area contributed by atoms with Gasteiger partial charge in [0.25, 0.3) is 0 Å². The Morgan fingerprint density at radius 3 is 1.93 bits per heavy atom. The smallest absolute Gasteiger partial charge is 0.0622 e. The van der Waals surface area contributed by atoms with Gasteiger partial charge in [0, 0.05) is 17.3 Å². The predicted octanol–water partition coefficient (Wildman–Crippen LogP) is 3.06. The number of thiol groups is 1. The van der Waals surface area contributed by atoms with E-state index < -0.39 is 0 Å². The molecular weight excluding hydrogens is 188 g/mol. The molecular formula is C13H13S+. The largest absolute Gasteiger partial charge is 0.152 e. The van der Waals surface area contributed by atoms with E-state index in [9.17, 15) is 0 Å². The molecule has 0 bridgehead atoms.